The van der Waals surface area contributed by atoms with Gasteiger partial charge in [0.15, 0.2) is 0 Å². The molecule has 1 unspecified atom stereocenters. The molecule has 0 aliphatic carbocycles. The molecule has 0 aliphatic heterocycles. The Morgan fingerprint density at radius 2 is 2.00 bits per heavy atom. The van der Waals surface area contributed by atoms with Gasteiger partial charge in [-0.2, -0.15) is 11.8 Å². The predicted molar refractivity (Wildman–Crippen MR) is 96.4 cm³/mol. The van der Waals surface area contributed by atoms with Crippen molar-refractivity contribution in [2.45, 2.75) is 59.2 Å². The van der Waals surface area contributed by atoms with E-state index in [1.807, 2.05) is 11.8 Å². The zero-order valence-electron chi connectivity index (χ0n) is 14.7. The Morgan fingerprint density at radius 3 is 2.48 bits per heavy atom. The monoisotopic (exact) mass is 309 g/mol. The molecule has 0 fully saturated rings. The Balaban J connectivity index is 2.81. The normalized spacial score (nSPS) is 13.3. The molecule has 1 N–H and O–H groups in total. The smallest absolute Gasteiger partial charge is 0.128 e. The Hall–Kier alpha value is -0.740. The summed E-state index contributed by atoms with van der Waals surface area (Å²) in [7, 11) is 2.15. The zero-order chi connectivity index (χ0) is 16.0. The zero-order valence-corrected chi connectivity index (χ0v) is 15.5. The van der Waals surface area contributed by atoms with Crippen LogP contribution in [0.3, 0.4) is 0 Å². The Labute approximate surface area is 134 Å². The van der Waals surface area contributed by atoms with Crippen LogP contribution in [0.4, 0.5) is 5.82 Å². The van der Waals surface area contributed by atoms with Crippen molar-refractivity contribution < 1.29 is 0 Å². The third-order valence-corrected chi connectivity index (χ3v) is 4.45. The summed E-state index contributed by atoms with van der Waals surface area (Å²) >= 11 is 1.90. The van der Waals surface area contributed by atoms with Crippen LogP contribution in [0, 0.1) is 6.92 Å². The van der Waals surface area contributed by atoms with E-state index >= 15 is 0 Å². The summed E-state index contributed by atoms with van der Waals surface area (Å²) in [4.78, 5) is 7.11. The minimum atomic E-state index is 0.132. The van der Waals surface area contributed by atoms with Gasteiger partial charge in [-0.1, -0.05) is 13.0 Å². The van der Waals surface area contributed by atoms with E-state index in [-0.39, 0.29) is 5.54 Å². The first-order valence-corrected chi connectivity index (χ1v) is 9.11. The van der Waals surface area contributed by atoms with Crippen molar-refractivity contribution in [1.82, 2.24) is 10.3 Å². The number of hydrogen-bond acceptors (Lipinski definition) is 4. The number of pyridine rings is 1. The molecule has 3 nitrogen and oxygen atoms in total. The van der Waals surface area contributed by atoms with Crippen LogP contribution in [0.25, 0.3) is 0 Å². The Kier molecular flexibility index (Phi) is 7.01. The van der Waals surface area contributed by atoms with Crippen LogP contribution in [-0.4, -0.2) is 35.6 Å². The standard InChI is InChI=1S/C17H31N3S/c1-8-15(12-21-7)20(6)16-10-9-14(13(2)19-16)11-18-17(3,4)5/h9-10,15,18H,8,11-12H2,1-7H3. The van der Waals surface area contributed by atoms with E-state index in [1.54, 1.807) is 0 Å². The molecule has 0 saturated carbocycles. The lowest BCUT2D eigenvalue weighted by molar-refractivity contribution is 0.423. The minimum Gasteiger partial charge on any atom is -0.356 e. The van der Waals surface area contributed by atoms with Gasteiger partial charge in [0.2, 0.25) is 0 Å². The molecule has 1 heterocycles. The van der Waals surface area contributed by atoms with Crippen LogP contribution in [0.2, 0.25) is 0 Å². The molecule has 21 heavy (non-hydrogen) atoms. The molecule has 120 valence electrons. The van der Waals surface area contributed by atoms with Crippen molar-refractivity contribution in [1.29, 1.82) is 0 Å². The molecular weight excluding hydrogens is 278 g/mol. The molecule has 1 aromatic rings. The average molecular weight is 310 g/mol. The van der Waals surface area contributed by atoms with E-state index in [4.69, 9.17) is 4.98 Å². The van der Waals surface area contributed by atoms with Crippen molar-refractivity contribution in [2.24, 2.45) is 0 Å². The highest BCUT2D eigenvalue weighted by atomic mass is 32.2. The van der Waals surface area contributed by atoms with Gasteiger partial charge in [0, 0.05) is 36.6 Å². The SMILES string of the molecule is CCC(CSC)N(C)c1ccc(CNC(C)(C)C)c(C)n1. The summed E-state index contributed by atoms with van der Waals surface area (Å²) in [6.07, 6.45) is 3.31. The molecule has 0 amide bonds. The van der Waals surface area contributed by atoms with Crippen LogP contribution in [0.5, 0.6) is 0 Å². The van der Waals surface area contributed by atoms with Gasteiger partial charge in [0.1, 0.15) is 5.82 Å². The number of anilines is 1. The van der Waals surface area contributed by atoms with Crippen LogP contribution < -0.4 is 10.2 Å². The highest BCUT2D eigenvalue weighted by molar-refractivity contribution is 7.98. The fourth-order valence-electron chi connectivity index (χ4n) is 2.20. The van der Waals surface area contributed by atoms with Gasteiger partial charge >= 0.3 is 0 Å². The van der Waals surface area contributed by atoms with Gasteiger partial charge in [-0.25, -0.2) is 4.98 Å². The van der Waals surface area contributed by atoms with Gasteiger partial charge in [-0.05, 0) is 52.0 Å². The number of aromatic nitrogens is 1. The summed E-state index contributed by atoms with van der Waals surface area (Å²) < 4.78 is 0. The van der Waals surface area contributed by atoms with E-state index in [9.17, 15) is 0 Å². The summed E-state index contributed by atoms with van der Waals surface area (Å²) in [5, 5.41) is 3.52. The van der Waals surface area contributed by atoms with Crippen LogP contribution >= 0.6 is 11.8 Å². The molecule has 4 heteroatoms. The number of rotatable bonds is 7. The minimum absolute atomic E-state index is 0.132. The maximum absolute atomic E-state index is 4.80. The highest BCUT2D eigenvalue weighted by Crippen LogP contribution is 2.19. The molecule has 0 radical (unpaired) electrons. The van der Waals surface area contributed by atoms with Gasteiger partial charge in [-0.15, -0.1) is 0 Å². The average Bonchev–Trinajstić information content (AvgIpc) is 2.41. The lowest BCUT2D eigenvalue weighted by Crippen LogP contribution is -2.35. The Morgan fingerprint density at radius 1 is 1.33 bits per heavy atom. The third-order valence-electron chi connectivity index (χ3n) is 3.73. The van der Waals surface area contributed by atoms with E-state index in [0.717, 1.165) is 30.2 Å². The van der Waals surface area contributed by atoms with Gasteiger partial charge in [0.25, 0.3) is 0 Å². The quantitative estimate of drug-likeness (QED) is 0.828. The second-order valence-corrected chi connectivity index (χ2v) is 7.56. The van der Waals surface area contributed by atoms with Gasteiger partial charge in [0.05, 0.1) is 0 Å². The van der Waals surface area contributed by atoms with Gasteiger partial charge < -0.3 is 10.2 Å². The van der Waals surface area contributed by atoms with E-state index in [2.05, 4.69) is 70.3 Å². The number of hydrogen-bond donors (Lipinski definition) is 1. The lowest BCUT2D eigenvalue weighted by atomic mass is 10.1. The first-order valence-electron chi connectivity index (χ1n) is 7.71. The maximum Gasteiger partial charge on any atom is 0.128 e. The third kappa shape index (κ3) is 5.87. The highest BCUT2D eigenvalue weighted by Gasteiger charge is 2.15. The van der Waals surface area contributed by atoms with E-state index < -0.39 is 0 Å². The number of aryl methyl sites for hydroxylation is 1. The van der Waals surface area contributed by atoms with Crippen LogP contribution in [0.15, 0.2) is 12.1 Å². The van der Waals surface area contributed by atoms with Crippen molar-refractivity contribution in [2.75, 3.05) is 24.0 Å². The molecular formula is C17H31N3S. The maximum atomic E-state index is 4.80. The second-order valence-electron chi connectivity index (χ2n) is 6.65. The molecule has 0 spiro atoms. The molecule has 0 aromatic carbocycles. The molecule has 1 rings (SSSR count). The largest absolute Gasteiger partial charge is 0.356 e. The van der Waals surface area contributed by atoms with Crippen molar-refractivity contribution in [3.8, 4) is 0 Å². The van der Waals surface area contributed by atoms with Gasteiger partial charge in [-0.3, -0.25) is 0 Å². The Bertz CT molecular complexity index is 440. The molecule has 1 aromatic heterocycles. The number of nitrogens with one attached hydrogen (secondary N) is 1. The number of nitrogens with zero attached hydrogens (tertiary/aromatic N) is 2. The van der Waals surface area contributed by atoms with E-state index in [0.29, 0.717) is 6.04 Å². The predicted octanol–water partition coefficient (Wildman–Crippen LogP) is 3.86. The second kappa shape index (κ2) is 8.04. The molecule has 0 saturated heterocycles. The topological polar surface area (TPSA) is 28.2 Å². The first kappa shape index (κ1) is 18.3. The summed E-state index contributed by atoms with van der Waals surface area (Å²) in [6.45, 7) is 11.8. The fraction of sp³-hybridized carbons (Fsp3) is 0.706. The van der Waals surface area contributed by atoms with Crippen molar-refractivity contribution in [3.63, 3.8) is 0 Å². The summed E-state index contributed by atoms with van der Waals surface area (Å²) in [6, 6.07) is 4.90. The molecule has 0 bridgehead atoms. The number of thioether (sulfide) groups is 1. The van der Waals surface area contributed by atoms with Crippen molar-refractivity contribution >= 4 is 17.6 Å². The summed E-state index contributed by atoms with van der Waals surface area (Å²) in [5.74, 6) is 2.22. The van der Waals surface area contributed by atoms with Crippen molar-refractivity contribution in [3.05, 3.63) is 23.4 Å². The summed E-state index contributed by atoms with van der Waals surface area (Å²) in [5.41, 5.74) is 2.53. The lowest BCUT2D eigenvalue weighted by Gasteiger charge is -2.28. The fourth-order valence-corrected chi connectivity index (χ4v) is 3.05. The van der Waals surface area contributed by atoms with Crippen LogP contribution in [-0.2, 0) is 6.54 Å². The van der Waals surface area contributed by atoms with Crippen LogP contribution in [0.1, 0.15) is 45.4 Å². The molecule has 0 aliphatic rings. The first-order chi connectivity index (χ1) is 9.78. The molecule has 1 atom stereocenters. The van der Waals surface area contributed by atoms with E-state index in [1.165, 1.54) is 5.56 Å².